The van der Waals surface area contributed by atoms with Crippen LogP contribution in [0.5, 0.6) is 0 Å². The lowest BCUT2D eigenvalue weighted by atomic mass is 10.3. The first kappa shape index (κ1) is 16.2. The van der Waals surface area contributed by atoms with Crippen LogP contribution in [0.15, 0.2) is 33.9 Å². The summed E-state index contributed by atoms with van der Waals surface area (Å²) >= 11 is 1.25. The first-order chi connectivity index (χ1) is 11.1. The van der Waals surface area contributed by atoms with Crippen molar-refractivity contribution in [2.24, 2.45) is 0 Å². The van der Waals surface area contributed by atoms with Crippen molar-refractivity contribution in [3.05, 3.63) is 29.6 Å². The molecule has 0 aromatic carbocycles. The van der Waals surface area contributed by atoms with Gasteiger partial charge in [0, 0.05) is 32.7 Å². The van der Waals surface area contributed by atoms with Crippen LogP contribution in [0.4, 0.5) is 11.6 Å². The SMILES string of the molecule is CCNc1ccc(N2CCN(S(=O)(=O)c3cccs3)CC2)nn1. The highest BCUT2D eigenvalue weighted by molar-refractivity contribution is 7.91. The fraction of sp³-hybridized carbons (Fsp3) is 0.429. The summed E-state index contributed by atoms with van der Waals surface area (Å²) in [5.74, 6) is 1.52. The van der Waals surface area contributed by atoms with Crippen LogP contribution >= 0.6 is 11.3 Å². The van der Waals surface area contributed by atoms with Crippen LogP contribution in [-0.4, -0.2) is 55.6 Å². The van der Waals surface area contributed by atoms with Crippen LogP contribution in [0.2, 0.25) is 0 Å². The van der Waals surface area contributed by atoms with Crippen LogP contribution in [0, 0.1) is 0 Å². The molecule has 124 valence electrons. The predicted molar refractivity (Wildman–Crippen MR) is 91.5 cm³/mol. The fourth-order valence-electron chi connectivity index (χ4n) is 2.46. The Morgan fingerprint density at radius 1 is 1.17 bits per heavy atom. The lowest BCUT2D eigenvalue weighted by Gasteiger charge is -2.34. The molecule has 0 saturated carbocycles. The van der Waals surface area contributed by atoms with Gasteiger partial charge in [0.15, 0.2) is 5.82 Å². The maximum atomic E-state index is 12.5. The number of aromatic nitrogens is 2. The molecule has 7 nitrogen and oxygen atoms in total. The summed E-state index contributed by atoms with van der Waals surface area (Å²) in [7, 11) is -3.36. The van der Waals surface area contributed by atoms with Gasteiger partial charge in [0.25, 0.3) is 10.0 Å². The molecule has 0 unspecified atom stereocenters. The topological polar surface area (TPSA) is 78.4 Å². The summed E-state index contributed by atoms with van der Waals surface area (Å²) in [4.78, 5) is 2.06. The molecule has 0 amide bonds. The van der Waals surface area contributed by atoms with Crippen molar-refractivity contribution in [2.75, 3.05) is 42.9 Å². The Balaban J connectivity index is 1.64. The molecule has 0 radical (unpaired) electrons. The van der Waals surface area contributed by atoms with Crippen LogP contribution in [0.25, 0.3) is 0 Å². The summed E-state index contributed by atoms with van der Waals surface area (Å²) < 4.78 is 26.9. The minimum atomic E-state index is -3.36. The molecule has 2 aromatic rings. The number of anilines is 2. The minimum Gasteiger partial charge on any atom is -0.369 e. The molecule has 1 saturated heterocycles. The van der Waals surface area contributed by atoms with Crippen LogP contribution in [0.1, 0.15) is 6.92 Å². The summed E-state index contributed by atoms with van der Waals surface area (Å²) in [6.45, 7) is 4.93. The Kier molecular flexibility index (Phi) is 4.79. The molecule has 3 rings (SSSR count). The molecule has 0 spiro atoms. The third kappa shape index (κ3) is 3.46. The second-order valence-corrected chi connectivity index (χ2v) is 8.24. The summed E-state index contributed by atoms with van der Waals surface area (Å²) in [6.07, 6.45) is 0. The van der Waals surface area contributed by atoms with Gasteiger partial charge in [-0.15, -0.1) is 21.5 Å². The number of hydrogen-bond acceptors (Lipinski definition) is 7. The predicted octanol–water partition coefficient (Wildman–Crippen LogP) is 1.48. The van der Waals surface area contributed by atoms with Crippen molar-refractivity contribution in [1.29, 1.82) is 0 Å². The third-order valence-corrected chi connectivity index (χ3v) is 6.93. The van der Waals surface area contributed by atoms with E-state index in [9.17, 15) is 8.42 Å². The molecule has 9 heteroatoms. The zero-order valence-electron chi connectivity index (χ0n) is 12.8. The van der Waals surface area contributed by atoms with Gasteiger partial charge in [0.1, 0.15) is 10.0 Å². The molecule has 1 aliphatic heterocycles. The number of rotatable bonds is 5. The molecule has 1 aliphatic rings. The van der Waals surface area contributed by atoms with Gasteiger partial charge in [0.05, 0.1) is 0 Å². The number of piperazine rings is 1. The second kappa shape index (κ2) is 6.81. The van der Waals surface area contributed by atoms with Gasteiger partial charge in [-0.2, -0.15) is 4.31 Å². The van der Waals surface area contributed by atoms with Gasteiger partial charge in [-0.25, -0.2) is 8.42 Å². The van der Waals surface area contributed by atoms with Crippen molar-refractivity contribution in [3.63, 3.8) is 0 Å². The molecule has 0 aliphatic carbocycles. The van der Waals surface area contributed by atoms with E-state index in [2.05, 4.69) is 20.4 Å². The van der Waals surface area contributed by atoms with Crippen LogP contribution in [0.3, 0.4) is 0 Å². The molecule has 1 fully saturated rings. The lowest BCUT2D eigenvalue weighted by molar-refractivity contribution is 0.384. The summed E-state index contributed by atoms with van der Waals surface area (Å²) in [6, 6.07) is 7.21. The minimum absolute atomic E-state index is 0.403. The van der Waals surface area contributed by atoms with Crippen molar-refractivity contribution >= 4 is 33.0 Å². The van der Waals surface area contributed by atoms with E-state index < -0.39 is 10.0 Å². The molecule has 3 heterocycles. The van der Waals surface area contributed by atoms with Crippen molar-refractivity contribution in [3.8, 4) is 0 Å². The quantitative estimate of drug-likeness (QED) is 0.877. The van der Waals surface area contributed by atoms with Crippen LogP contribution < -0.4 is 10.2 Å². The van der Waals surface area contributed by atoms with Crippen LogP contribution in [-0.2, 0) is 10.0 Å². The van der Waals surface area contributed by atoms with E-state index in [0.717, 1.165) is 18.2 Å². The summed E-state index contributed by atoms with van der Waals surface area (Å²) in [5, 5.41) is 13.2. The van der Waals surface area contributed by atoms with Crippen molar-refractivity contribution in [2.45, 2.75) is 11.1 Å². The smallest absolute Gasteiger partial charge is 0.252 e. The highest BCUT2D eigenvalue weighted by Gasteiger charge is 2.29. The monoisotopic (exact) mass is 353 g/mol. The van der Waals surface area contributed by atoms with E-state index in [1.807, 2.05) is 19.1 Å². The van der Waals surface area contributed by atoms with E-state index in [1.165, 1.54) is 15.6 Å². The summed E-state index contributed by atoms with van der Waals surface area (Å²) in [5.41, 5.74) is 0. The van der Waals surface area contributed by atoms with E-state index in [-0.39, 0.29) is 0 Å². The van der Waals surface area contributed by atoms with Gasteiger partial charge in [-0.05, 0) is 30.5 Å². The zero-order valence-corrected chi connectivity index (χ0v) is 14.5. The normalized spacial score (nSPS) is 16.5. The molecule has 0 bridgehead atoms. The number of thiophene rings is 1. The maximum absolute atomic E-state index is 12.5. The molecule has 1 N–H and O–H groups in total. The van der Waals surface area contributed by atoms with Gasteiger partial charge >= 0.3 is 0 Å². The van der Waals surface area contributed by atoms with Crippen molar-refractivity contribution in [1.82, 2.24) is 14.5 Å². The highest BCUT2D eigenvalue weighted by Crippen LogP contribution is 2.23. The number of hydrogen-bond donors (Lipinski definition) is 1. The first-order valence-corrected chi connectivity index (χ1v) is 9.79. The number of nitrogens with one attached hydrogen (secondary N) is 1. The maximum Gasteiger partial charge on any atom is 0.252 e. The van der Waals surface area contributed by atoms with Gasteiger partial charge in [-0.3, -0.25) is 0 Å². The molecular weight excluding hydrogens is 334 g/mol. The van der Waals surface area contributed by atoms with Crippen molar-refractivity contribution < 1.29 is 8.42 Å². The largest absolute Gasteiger partial charge is 0.369 e. The molecular formula is C14H19N5O2S2. The Labute approximate surface area is 140 Å². The number of sulfonamides is 1. The lowest BCUT2D eigenvalue weighted by Crippen LogP contribution is -2.48. The zero-order chi connectivity index (χ0) is 16.3. The Morgan fingerprint density at radius 3 is 2.52 bits per heavy atom. The second-order valence-electron chi connectivity index (χ2n) is 5.13. The number of nitrogens with zero attached hydrogens (tertiary/aromatic N) is 4. The molecule has 2 aromatic heterocycles. The molecule has 23 heavy (non-hydrogen) atoms. The average Bonchev–Trinajstić information content (AvgIpc) is 3.11. The van der Waals surface area contributed by atoms with E-state index in [1.54, 1.807) is 17.5 Å². The first-order valence-electron chi connectivity index (χ1n) is 7.47. The highest BCUT2D eigenvalue weighted by atomic mass is 32.2. The molecule has 0 atom stereocenters. The standard InChI is InChI=1S/C14H19N5O2S2/c1-2-15-12-5-6-13(17-16-12)18-7-9-19(10-8-18)23(20,21)14-4-3-11-22-14/h3-6,11H,2,7-10H2,1H3,(H,15,16). The van der Waals surface area contributed by atoms with Gasteiger partial charge in [-0.1, -0.05) is 6.07 Å². The fourth-order valence-corrected chi connectivity index (χ4v) is 5.03. The Hall–Kier alpha value is -1.71. The van der Waals surface area contributed by atoms with E-state index >= 15 is 0 Å². The third-order valence-electron chi connectivity index (χ3n) is 3.66. The Bertz CT molecular complexity index is 723. The van der Waals surface area contributed by atoms with E-state index in [0.29, 0.717) is 30.4 Å². The van der Waals surface area contributed by atoms with Gasteiger partial charge in [0.2, 0.25) is 0 Å². The average molecular weight is 353 g/mol. The van der Waals surface area contributed by atoms with E-state index in [4.69, 9.17) is 0 Å². The Morgan fingerprint density at radius 2 is 1.96 bits per heavy atom. The van der Waals surface area contributed by atoms with Gasteiger partial charge < -0.3 is 10.2 Å².